The molecule has 1 fully saturated rings. The standard InChI is InChI=1S/C16H19NO2/c1-19-16(11-6-7-11)15(18)10-12-8-9-17-14-5-3-2-4-13(12)14/h2-5,8-9,11,15-16,18H,6-7,10H2,1H3. The molecule has 0 spiro atoms. The van der Waals surface area contributed by atoms with Crippen molar-refractivity contribution in [3.05, 3.63) is 42.1 Å². The van der Waals surface area contributed by atoms with E-state index in [4.69, 9.17) is 4.74 Å². The quantitative estimate of drug-likeness (QED) is 0.895. The van der Waals surface area contributed by atoms with E-state index in [1.165, 1.54) is 12.8 Å². The van der Waals surface area contributed by atoms with Gasteiger partial charge in [-0.05, 0) is 36.5 Å². The SMILES string of the molecule is COC(C(O)Cc1ccnc2ccccc12)C1CC1. The van der Waals surface area contributed by atoms with Crippen LogP contribution in [0.3, 0.4) is 0 Å². The van der Waals surface area contributed by atoms with E-state index in [0.29, 0.717) is 12.3 Å². The Morgan fingerprint density at radius 2 is 2.11 bits per heavy atom. The Bertz CT molecular complexity index is 560. The van der Waals surface area contributed by atoms with Crippen molar-refractivity contribution in [1.29, 1.82) is 0 Å². The molecule has 1 aromatic heterocycles. The average molecular weight is 257 g/mol. The van der Waals surface area contributed by atoms with Gasteiger partial charge in [0.2, 0.25) is 0 Å². The molecule has 1 heterocycles. The zero-order chi connectivity index (χ0) is 13.2. The Morgan fingerprint density at radius 1 is 1.32 bits per heavy atom. The molecule has 0 aliphatic heterocycles. The number of hydrogen-bond acceptors (Lipinski definition) is 3. The van der Waals surface area contributed by atoms with Crippen LogP contribution in [0.4, 0.5) is 0 Å². The van der Waals surface area contributed by atoms with Crippen LogP contribution in [-0.4, -0.2) is 29.4 Å². The van der Waals surface area contributed by atoms with Gasteiger partial charge in [0.15, 0.2) is 0 Å². The minimum Gasteiger partial charge on any atom is -0.390 e. The molecule has 1 aliphatic rings. The summed E-state index contributed by atoms with van der Waals surface area (Å²) in [7, 11) is 1.69. The first kappa shape index (κ1) is 12.6. The van der Waals surface area contributed by atoms with Crippen LogP contribution in [0.1, 0.15) is 18.4 Å². The van der Waals surface area contributed by atoms with Crippen LogP contribution < -0.4 is 0 Å². The zero-order valence-electron chi connectivity index (χ0n) is 11.1. The molecule has 2 atom stereocenters. The third kappa shape index (κ3) is 2.62. The second-order valence-electron chi connectivity index (χ2n) is 5.30. The summed E-state index contributed by atoms with van der Waals surface area (Å²) in [6.07, 6.45) is 4.30. The number of aromatic nitrogens is 1. The highest BCUT2D eigenvalue weighted by atomic mass is 16.5. The van der Waals surface area contributed by atoms with Crippen molar-refractivity contribution in [3.8, 4) is 0 Å². The van der Waals surface area contributed by atoms with Crippen molar-refractivity contribution in [2.24, 2.45) is 5.92 Å². The second-order valence-corrected chi connectivity index (χ2v) is 5.30. The van der Waals surface area contributed by atoms with Crippen molar-refractivity contribution < 1.29 is 9.84 Å². The third-order valence-electron chi connectivity index (χ3n) is 3.91. The van der Waals surface area contributed by atoms with E-state index in [2.05, 4.69) is 11.1 Å². The highest BCUT2D eigenvalue weighted by Crippen LogP contribution is 2.36. The van der Waals surface area contributed by atoms with Crippen LogP contribution in [0.25, 0.3) is 10.9 Å². The number of aliphatic hydroxyl groups is 1. The van der Waals surface area contributed by atoms with Gasteiger partial charge in [-0.3, -0.25) is 4.98 Å². The van der Waals surface area contributed by atoms with Gasteiger partial charge in [-0.25, -0.2) is 0 Å². The first-order valence-corrected chi connectivity index (χ1v) is 6.83. The topological polar surface area (TPSA) is 42.4 Å². The molecule has 1 aliphatic carbocycles. The van der Waals surface area contributed by atoms with Crippen LogP contribution >= 0.6 is 0 Å². The monoisotopic (exact) mass is 257 g/mol. The molecule has 0 saturated heterocycles. The fourth-order valence-corrected chi connectivity index (χ4v) is 2.76. The summed E-state index contributed by atoms with van der Waals surface area (Å²) >= 11 is 0. The largest absolute Gasteiger partial charge is 0.390 e. The Labute approximate surface area is 113 Å². The Hall–Kier alpha value is -1.45. The molecular weight excluding hydrogens is 238 g/mol. The lowest BCUT2D eigenvalue weighted by Gasteiger charge is -2.21. The summed E-state index contributed by atoms with van der Waals surface area (Å²) in [5, 5.41) is 11.5. The van der Waals surface area contributed by atoms with Gasteiger partial charge in [0.05, 0.1) is 17.7 Å². The molecule has 2 unspecified atom stereocenters. The number of fused-ring (bicyclic) bond motifs is 1. The molecule has 3 heteroatoms. The molecule has 3 nitrogen and oxygen atoms in total. The van der Waals surface area contributed by atoms with Gasteiger partial charge in [-0.2, -0.15) is 0 Å². The molecule has 19 heavy (non-hydrogen) atoms. The minimum atomic E-state index is -0.441. The van der Waals surface area contributed by atoms with E-state index < -0.39 is 6.10 Å². The summed E-state index contributed by atoms with van der Waals surface area (Å²) in [5.41, 5.74) is 2.12. The van der Waals surface area contributed by atoms with E-state index in [-0.39, 0.29) is 6.10 Å². The molecule has 1 saturated carbocycles. The maximum atomic E-state index is 10.4. The number of benzene rings is 1. The fourth-order valence-electron chi connectivity index (χ4n) is 2.76. The molecule has 1 aromatic carbocycles. The number of methoxy groups -OCH3 is 1. The Kier molecular flexibility index (Phi) is 3.49. The molecule has 3 rings (SSSR count). The van der Waals surface area contributed by atoms with Crippen LogP contribution in [-0.2, 0) is 11.2 Å². The smallest absolute Gasteiger partial charge is 0.0861 e. The Morgan fingerprint density at radius 3 is 2.84 bits per heavy atom. The van der Waals surface area contributed by atoms with Crippen molar-refractivity contribution >= 4 is 10.9 Å². The van der Waals surface area contributed by atoms with E-state index in [0.717, 1.165) is 16.5 Å². The maximum absolute atomic E-state index is 10.4. The lowest BCUT2D eigenvalue weighted by Crippen LogP contribution is -2.31. The number of ether oxygens (including phenoxy) is 1. The van der Waals surface area contributed by atoms with Gasteiger partial charge in [-0.1, -0.05) is 18.2 Å². The van der Waals surface area contributed by atoms with Crippen molar-refractivity contribution in [3.63, 3.8) is 0 Å². The van der Waals surface area contributed by atoms with E-state index in [9.17, 15) is 5.11 Å². The number of para-hydroxylation sites is 1. The Balaban J connectivity index is 1.84. The summed E-state index contributed by atoms with van der Waals surface area (Å²) in [5.74, 6) is 0.535. The van der Waals surface area contributed by atoms with Crippen molar-refractivity contribution in [2.45, 2.75) is 31.5 Å². The molecule has 0 amide bonds. The predicted molar refractivity (Wildman–Crippen MR) is 75.0 cm³/mol. The normalized spacial score (nSPS) is 18.4. The van der Waals surface area contributed by atoms with Gasteiger partial charge < -0.3 is 9.84 Å². The van der Waals surface area contributed by atoms with Gasteiger partial charge in [-0.15, -0.1) is 0 Å². The summed E-state index contributed by atoms with van der Waals surface area (Å²) < 4.78 is 5.45. The van der Waals surface area contributed by atoms with Crippen molar-refractivity contribution in [2.75, 3.05) is 7.11 Å². The average Bonchev–Trinajstić information content (AvgIpc) is 3.25. The van der Waals surface area contributed by atoms with Crippen LogP contribution in [0.5, 0.6) is 0 Å². The van der Waals surface area contributed by atoms with Crippen LogP contribution in [0.15, 0.2) is 36.5 Å². The van der Waals surface area contributed by atoms with Gasteiger partial charge >= 0.3 is 0 Å². The number of aliphatic hydroxyl groups excluding tert-OH is 1. The van der Waals surface area contributed by atoms with E-state index >= 15 is 0 Å². The van der Waals surface area contributed by atoms with E-state index in [1.54, 1.807) is 7.11 Å². The number of pyridine rings is 1. The van der Waals surface area contributed by atoms with Crippen LogP contribution in [0.2, 0.25) is 0 Å². The zero-order valence-corrected chi connectivity index (χ0v) is 11.1. The first-order valence-electron chi connectivity index (χ1n) is 6.83. The van der Waals surface area contributed by atoms with Crippen molar-refractivity contribution in [1.82, 2.24) is 4.98 Å². The molecular formula is C16H19NO2. The number of nitrogens with zero attached hydrogens (tertiary/aromatic N) is 1. The number of rotatable bonds is 5. The molecule has 1 N–H and O–H groups in total. The van der Waals surface area contributed by atoms with E-state index in [1.807, 2.05) is 30.5 Å². The predicted octanol–water partition coefficient (Wildman–Crippen LogP) is 2.56. The first-order chi connectivity index (χ1) is 9.29. The van der Waals surface area contributed by atoms with Gasteiger partial charge in [0, 0.05) is 25.1 Å². The third-order valence-corrected chi connectivity index (χ3v) is 3.91. The molecule has 2 aromatic rings. The molecule has 100 valence electrons. The summed E-state index contributed by atoms with van der Waals surface area (Å²) in [6.45, 7) is 0. The van der Waals surface area contributed by atoms with Gasteiger partial charge in [0.1, 0.15) is 0 Å². The summed E-state index contributed by atoms with van der Waals surface area (Å²) in [6, 6.07) is 10.0. The second kappa shape index (κ2) is 5.27. The molecule has 0 bridgehead atoms. The number of hydrogen-bond donors (Lipinski definition) is 1. The lowest BCUT2D eigenvalue weighted by molar-refractivity contribution is -0.0236. The summed E-state index contributed by atoms with van der Waals surface area (Å²) in [4.78, 5) is 4.35. The highest BCUT2D eigenvalue weighted by molar-refractivity contribution is 5.81. The highest BCUT2D eigenvalue weighted by Gasteiger charge is 2.36. The molecule has 0 radical (unpaired) electrons. The fraction of sp³-hybridized carbons (Fsp3) is 0.438. The lowest BCUT2D eigenvalue weighted by atomic mass is 9.98. The minimum absolute atomic E-state index is 0.0353. The van der Waals surface area contributed by atoms with Gasteiger partial charge in [0.25, 0.3) is 0 Å². The maximum Gasteiger partial charge on any atom is 0.0861 e. The van der Waals surface area contributed by atoms with Crippen LogP contribution in [0, 0.1) is 5.92 Å².